The molecule has 1 heterocycles. The van der Waals surface area contributed by atoms with E-state index in [1.165, 1.54) is 32.6 Å². The monoisotopic (exact) mass is 330 g/mol. The summed E-state index contributed by atoms with van der Waals surface area (Å²) in [5, 5.41) is 19.3. The van der Waals surface area contributed by atoms with Gasteiger partial charge >= 0.3 is 0 Å². The highest BCUT2D eigenvalue weighted by atomic mass is 32.1. The van der Waals surface area contributed by atoms with Crippen molar-refractivity contribution in [1.82, 2.24) is 14.9 Å². The van der Waals surface area contributed by atoms with Crippen LogP contribution in [-0.2, 0) is 0 Å². The van der Waals surface area contributed by atoms with E-state index in [0.29, 0.717) is 5.56 Å². The topological polar surface area (TPSA) is 84.7 Å². The molecule has 0 saturated heterocycles. The Morgan fingerprint density at radius 2 is 1.95 bits per heavy atom. The smallest absolute Gasteiger partial charge is 0.299 e. The van der Waals surface area contributed by atoms with Crippen LogP contribution in [-0.4, -0.2) is 40.4 Å². The van der Waals surface area contributed by atoms with Crippen LogP contribution in [0, 0.1) is 4.77 Å². The second kappa shape index (κ2) is 6.52. The van der Waals surface area contributed by atoms with E-state index in [4.69, 9.17) is 21.7 Å². The Kier molecular flexibility index (Phi) is 4.71. The Morgan fingerprint density at radius 1 is 1.36 bits per heavy atom. The van der Waals surface area contributed by atoms with Crippen LogP contribution in [0.4, 0.5) is 8.78 Å². The van der Waals surface area contributed by atoms with Gasteiger partial charge < -0.3 is 14.6 Å². The molecule has 0 unspecified atom stereocenters. The standard InChI is InChI=1S/C12H12F2N4O3S/c1-20-7-3-6(4-8(21-2)9(7)19)5-15-18-11(10(13)14)16-17-12(18)22/h3-5,10,19H,1-2H3,(H,17,22). The fourth-order valence-corrected chi connectivity index (χ4v) is 1.86. The maximum Gasteiger partial charge on any atom is 0.299 e. The van der Waals surface area contributed by atoms with Crippen LogP contribution in [0.25, 0.3) is 0 Å². The maximum absolute atomic E-state index is 12.8. The molecule has 0 atom stereocenters. The van der Waals surface area contributed by atoms with Gasteiger partial charge in [-0.1, -0.05) is 0 Å². The Labute approximate surface area is 128 Å². The molecule has 0 fully saturated rings. The molecule has 2 aromatic rings. The number of aromatic amines is 1. The normalized spacial score (nSPS) is 11.3. The van der Waals surface area contributed by atoms with Crippen molar-refractivity contribution in [2.45, 2.75) is 6.43 Å². The predicted molar refractivity (Wildman–Crippen MR) is 76.6 cm³/mol. The molecule has 22 heavy (non-hydrogen) atoms. The fourth-order valence-electron chi connectivity index (χ4n) is 1.67. The average Bonchev–Trinajstić information content (AvgIpc) is 2.87. The van der Waals surface area contributed by atoms with E-state index in [1.54, 1.807) is 0 Å². The molecule has 0 aliphatic rings. The molecule has 0 bridgehead atoms. The summed E-state index contributed by atoms with van der Waals surface area (Å²) in [6.45, 7) is 0. The molecule has 1 aromatic carbocycles. The molecule has 0 aliphatic heterocycles. The number of halogens is 2. The number of ether oxygens (including phenoxy) is 2. The Bertz CT molecular complexity index is 732. The van der Waals surface area contributed by atoms with Crippen LogP contribution in [0.15, 0.2) is 17.2 Å². The van der Waals surface area contributed by atoms with Crippen molar-refractivity contribution in [2.75, 3.05) is 14.2 Å². The number of H-pyrrole nitrogens is 1. The molecule has 0 spiro atoms. The number of benzene rings is 1. The van der Waals surface area contributed by atoms with E-state index >= 15 is 0 Å². The second-order valence-corrected chi connectivity index (χ2v) is 4.40. The molecule has 0 saturated carbocycles. The van der Waals surface area contributed by atoms with Crippen LogP contribution in [0.3, 0.4) is 0 Å². The quantitative estimate of drug-likeness (QED) is 0.650. The summed E-state index contributed by atoms with van der Waals surface area (Å²) >= 11 is 4.83. The number of nitrogens with one attached hydrogen (secondary N) is 1. The van der Waals surface area contributed by atoms with E-state index in [2.05, 4.69) is 15.3 Å². The summed E-state index contributed by atoms with van der Waals surface area (Å²) in [5.74, 6) is -0.453. The van der Waals surface area contributed by atoms with Crippen molar-refractivity contribution in [3.8, 4) is 17.2 Å². The molecule has 1 aromatic heterocycles. The van der Waals surface area contributed by atoms with E-state index in [9.17, 15) is 13.9 Å². The third kappa shape index (κ3) is 3.06. The molecular formula is C12H12F2N4O3S. The second-order valence-electron chi connectivity index (χ2n) is 4.02. The minimum atomic E-state index is -2.83. The van der Waals surface area contributed by atoms with Crippen LogP contribution >= 0.6 is 12.2 Å². The van der Waals surface area contributed by atoms with Crippen molar-refractivity contribution in [1.29, 1.82) is 0 Å². The van der Waals surface area contributed by atoms with E-state index in [0.717, 1.165) is 4.68 Å². The summed E-state index contributed by atoms with van der Waals surface area (Å²) in [7, 11) is 2.74. The minimum absolute atomic E-state index is 0.0655. The molecule has 7 nitrogen and oxygen atoms in total. The predicted octanol–water partition coefficient (Wildman–Crippen LogP) is 2.48. The first-order valence-corrected chi connectivity index (χ1v) is 6.33. The van der Waals surface area contributed by atoms with Crippen molar-refractivity contribution in [2.24, 2.45) is 5.10 Å². The van der Waals surface area contributed by atoms with Gasteiger partial charge in [0.05, 0.1) is 20.4 Å². The number of hydrogen-bond acceptors (Lipinski definition) is 6. The number of aromatic hydroxyl groups is 1. The third-order valence-electron chi connectivity index (χ3n) is 2.70. The number of phenolic OH excluding ortho intramolecular Hbond substituents is 1. The van der Waals surface area contributed by atoms with Crippen molar-refractivity contribution in [3.63, 3.8) is 0 Å². The van der Waals surface area contributed by atoms with Gasteiger partial charge in [0.2, 0.25) is 16.3 Å². The summed E-state index contributed by atoms with van der Waals surface area (Å²) < 4.78 is 36.3. The number of nitrogens with zero attached hydrogens (tertiary/aromatic N) is 3. The van der Waals surface area contributed by atoms with Gasteiger partial charge in [-0.05, 0) is 24.4 Å². The molecule has 0 aliphatic carbocycles. The fraction of sp³-hybridized carbons (Fsp3) is 0.250. The SMILES string of the molecule is COc1cc(C=Nn2c(C(F)F)n[nH]c2=S)cc(OC)c1O. The first-order chi connectivity index (χ1) is 10.5. The zero-order valence-electron chi connectivity index (χ0n) is 11.6. The zero-order valence-corrected chi connectivity index (χ0v) is 12.4. The molecule has 0 amide bonds. The van der Waals surface area contributed by atoms with Gasteiger partial charge in [-0.2, -0.15) is 14.9 Å². The number of phenols is 1. The highest BCUT2D eigenvalue weighted by molar-refractivity contribution is 7.71. The average molecular weight is 330 g/mol. The Balaban J connectivity index is 2.43. The molecule has 2 rings (SSSR count). The summed E-state index contributed by atoms with van der Waals surface area (Å²) in [5.41, 5.74) is 0.454. The Hall–Kier alpha value is -2.49. The lowest BCUT2D eigenvalue weighted by molar-refractivity contribution is 0.136. The molecule has 118 valence electrons. The van der Waals surface area contributed by atoms with Gasteiger partial charge in [-0.25, -0.2) is 13.9 Å². The summed E-state index contributed by atoms with van der Waals surface area (Å²) in [6, 6.07) is 2.93. The largest absolute Gasteiger partial charge is 0.502 e. The van der Waals surface area contributed by atoms with Gasteiger partial charge in [0.15, 0.2) is 11.5 Å². The van der Waals surface area contributed by atoms with Gasteiger partial charge in [-0.3, -0.25) is 0 Å². The minimum Gasteiger partial charge on any atom is -0.502 e. The summed E-state index contributed by atoms with van der Waals surface area (Å²) in [6.07, 6.45) is -1.56. The van der Waals surface area contributed by atoms with Gasteiger partial charge in [0.1, 0.15) is 0 Å². The maximum atomic E-state index is 12.8. The third-order valence-corrected chi connectivity index (χ3v) is 2.96. The van der Waals surface area contributed by atoms with E-state index in [-0.39, 0.29) is 22.0 Å². The lowest BCUT2D eigenvalue weighted by atomic mass is 10.2. The van der Waals surface area contributed by atoms with Crippen LogP contribution in [0.1, 0.15) is 17.8 Å². The van der Waals surface area contributed by atoms with Crippen molar-refractivity contribution in [3.05, 3.63) is 28.3 Å². The number of rotatable bonds is 5. The number of alkyl halides is 2. The van der Waals surface area contributed by atoms with Crippen LogP contribution in [0.5, 0.6) is 17.2 Å². The van der Waals surface area contributed by atoms with E-state index in [1.807, 2.05) is 0 Å². The molecular weight excluding hydrogens is 318 g/mol. The lowest BCUT2D eigenvalue weighted by Gasteiger charge is -2.09. The molecule has 10 heteroatoms. The molecule has 0 radical (unpaired) electrons. The lowest BCUT2D eigenvalue weighted by Crippen LogP contribution is -2.00. The molecule has 2 N–H and O–H groups in total. The van der Waals surface area contributed by atoms with Gasteiger partial charge in [0, 0.05) is 5.56 Å². The first-order valence-electron chi connectivity index (χ1n) is 5.92. The van der Waals surface area contributed by atoms with Crippen LogP contribution < -0.4 is 9.47 Å². The van der Waals surface area contributed by atoms with Gasteiger partial charge in [0.25, 0.3) is 6.43 Å². The highest BCUT2D eigenvalue weighted by Gasteiger charge is 2.16. The highest BCUT2D eigenvalue weighted by Crippen LogP contribution is 2.36. The van der Waals surface area contributed by atoms with Crippen molar-refractivity contribution < 1.29 is 23.4 Å². The van der Waals surface area contributed by atoms with Gasteiger partial charge in [-0.15, -0.1) is 0 Å². The number of methoxy groups -OCH3 is 2. The number of aromatic nitrogens is 3. The number of hydrogen-bond donors (Lipinski definition) is 2. The first kappa shape index (κ1) is 15.9. The van der Waals surface area contributed by atoms with Crippen LogP contribution in [0.2, 0.25) is 0 Å². The zero-order chi connectivity index (χ0) is 16.3. The summed E-state index contributed by atoms with van der Waals surface area (Å²) in [4.78, 5) is 0. The van der Waals surface area contributed by atoms with E-state index < -0.39 is 12.2 Å². The Morgan fingerprint density at radius 3 is 2.45 bits per heavy atom. The van der Waals surface area contributed by atoms with Crippen molar-refractivity contribution >= 4 is 18.4 Å².